The van der Waals surface area contributed by atoms with E-state index in [0.717, 1.165) is 29.6 Å². The number of aryl methyl sites for hydroxylation is 1. The van der Waals surface area contributed by atoms with Crippen LogP contribution >= 0.6 is 0 Å². The second-order valence-electron chi connectivity index (χ2n) is 7.28. The molecule has 7 heteroatoms. The summed E-state index contributed by atoms with van der Waals surface area (Å²) in [4.78, 5) is 17.7. The fraction of sp³-hybridized carbons (Fsp3) is 0.286. The van der Waals surface area contributed by atoms with E-state index in [-0.39, 0.29) is 10.5 Å². The summed E-state index contributed by atoms with van der Waals surface area (Å²) >= 11 is 0. The van der Waals surface area contributed by atoms with Crippen molar-refractivity contribution in [3.63, 3.8) is 0 Å². The highest BCUT2D eigenvalue weighted by atomic mass is 32.2. The van der Waals surface area contributed by atoms with Crippen LogP contribution in [0.15, 0.2) is 58.2 Å². The van der Waals surface area contributed by atoms with Crippen molar-refractivity contribution in [2.24, 2.45) is 0 Å². The van der Waals surface area contributed by atoms with Gasteiger partial charge in [0.05, 0.1) is 4.90 Å². The van der Waals surface area contributed by atoms with E-state index in [2.05, 4.69) is 9.88 Å². The third kappa shape index (κ3) is 3.37. The predicted octanol–water partition coefficient (Wildman–Crippen LogP) is 2.44. The van der Waals surface area contributed by atoms with Crippen LogP contribution in [0.3, 0.4) is 0 Å². The smallest absolute Gasteiger partial charge is 0.256 e. The number of hydrogen-bond donors (Lipinski definition) is 1. The molecule has 0 aliphatic carbocycles. The van der Waals surface area contributed by atoms with E-state index >= 15 is 0 Å². The van der Waals surface area contributed by atoms with Crippen molar-refractivity contribution in [3.05, 3.63) is 64.4 Å². The van der Waals surface area contributed by atoms with Gasteiger partial charge in [0.1, 0.15) is 0 Å². The molecule has 1 N–H and O–H groups in total. The van der Waals surface area contributed by atoms with Gasteiger partial charge in [0.25, 0.3) is 5.56 Å². The Labute approximate surface area is 164 Å². The molecule has 2 aromatic carbocycles. The van der Waals surface area contributed by atoms with E-state index in [1.54, 1.807) is 30.3 Å². The number of aromatic nitrogens is 1. The number of fused-ring (bicyclic) bond motifs is 1. The number of benzene rings is 2. The Kier molecular flexibility index (Phi) is 4.82. The Morgan fingerprint density at radius 1 is 0.929 bits per heavy atom. The van der Waals surface area contributed by atoms with Crippen LogP contribution in [-0.2, 0) is 10.0 Å². The molecule has 4 rings (SSSR count). The number of nitrogens with zero attached hydrogens (tertiary/aromatic N) is 2. The lowest BCUT2D eigenvalue weighted by Gasteiger charge is -2.31. The van der Waals surface area contributed by atoms with Gasteiger partial charge in [-0.05, 0) is 54.8 Å². The molecule has 0 unspecified atom stereocenters. The van der Waals surface area contributed by atoms with Crippen molar-refractivity contribution in [3.8, 4) is 11.3 Å². The minimum absolute atomic E-state index is 0.148. The van der Waals surface area contributed by atoms with Crippen molar-refractivity contribution >= 4 is 20.8 Å². The summed E-state index contributed by atoms with van der Waals surface area (Å²) in [6.07, 6.45) is 0. The SMILES string of the molecule is Cc1cccc2c(=O)[nH]c(-c3ccc(S(=O)(=O)N4CCN(C)CC4)cc3)cc12. The lowest BCUT2D eigenvalue weighted by Crippen LogP contribution is -2.46. The Balaban J connectivity index is 1.68. The van der Waals surface area contributed by atoms with Gasteiger partial charge in [-0.3, -0.25) is 4.79 Å². The highest BCUT2D eigenvalue weighted by Crippen LogP contribution is 2.25. The summed E-state index contributed by atoms with van der Waals surface area (Å²) in [5.41, 5.74) is 2.33. The van der Waals surface area contributed by atoms with Crippen molar-refractivity contribution < 1.29 is 8.42 Å². The molecule has 1 saturated heterocycles. The van der Waals surface area contributed by atoms with E-state index in [4.69, 9.17) is 0 Å². The molecule has 0 atom stereocenters. The molecule has 2 heterocycles. The summed E-state index contributed by atoms with van der Waals surface area (Å²) in [6.45, 7) is 4.43. The van der Waals surface area contributed by atoms with Crippen molar-refractivity contribution in [2.75, 3.05) is 33.2 Å². The summed E-state index contributed by atoms with van der Waals surface area (Å²) in [5.74, 6) is 0. The van der Waals surface area contributed by atoms with Gasteiger partial charge in [-0.15, -0.1) is 0 Å². The third-order valence-corrected chi connectivity index (χ3v) is 7.28. The van der Waals surface area contributed by atoms with E-state index in [0.29, 0.717) is 24.2 Å². The Morgan fingerprint density at radius 3 is 2.29 bits per heavy atom. The van der Waals surface area contributed by atoms with Crippen LogP contribution in [0.25, 0.3) is 22.0 Å². The zero-order valence-corrected chi connectivity index (χ0v) is 16.8. The monoisotopic (exact) mass is 397 g/mol. The molecule has 1 aromatic heterocycles. The average molecular weight is 398 g/mol. The fourth-order valence-electron chi connectivity index (χ4n) is 3.58. The maximum absolute atomic E-state index is 12.9. The Hall–Kier alpha value is -2.48. The standard InChI is InChI=1S/C21H23N3O3S/c1-15-4-3-5-18-19(15)14-20(22-21(18)25)16-6-8-17(9-7-16)28(26,27)24-12-10-23(2)11-13-24/h3-9,14H,10-13H2,1-2H3,(H,22,25). The fourth-order valence-corrected chi connectivity index (χ4v) is 5.00. The van der Waals surface area contributed by atoms with E-state index in [1.807, 2.05) is 32.2 Å². The summed E-state index contributed by atoms with van der Waals surface area (Å²) in [6, 6.07) is 14.3. The third-order valence-electron chi connectivity index (χ3n) is 5.37. The topological polar surface area (TPSA) is 73.5 Å². The summed E-state index contributed by atoms with van der Waals surface area (Å²) in [7, 11) is -1.51. The second-order valence-corrected chi connectivity index (χ2v) is 9.22. The first-order valence-electron chi connectivity index (χ1n) is 9.28. The molecule has 1 fully saturated rings. The van der Waals surface area contributed by atoms with Crippen LogP contribution < -0.4 is 5.56 Å². The minimum atomic E-state index is -3.50. The van der Waals surface area contributed by atoms with Crippen LogP contribution in [-0.4, -0.2) is 55.8 Å². The molecule has 3 aromatic rings. The minimum Gasteiger partial charge on any atom is -0.321 e. The maximum atomic E-state index is 12.9. The zero-order chi connectivity index (χ0) is 19.9. The lowest BCUT2D eigenvalue weighted by atomic mass is 10.0. The number of H-pyrrole nitrogens is 1. The molecule has 0 bridgehead atoms. The average Bonchev–Trinajstić information content (AvgIpc) is 2.69. The number of hydrogen-bond acceptors (Lipinski definition) is 4. The van der Waals surface area contributed by atoms with Crippen molar-refractivity contribution in [2.45, 2.75) is 11.8 Å². The Bertz CT molecular complexity index is 1180. The molecule has 0 spiro atoms. The van der Waals surface area contributed by atoms with Gasteiger partial charge < -0.3 is 9.88 Å². The molecule has 1 aliphatic rings. The van der Waals surface area contributed by atoms with Crippen molar-refractivity contribution in [1.29, 1.82) is 0 Å². The van der Waals surface area contributed by atoms with Crippen LogP contribution in [0.1, 0.15) is 5.56 Å². The number of nitrogens with one attached hydrogen (secondary N) is 1. The van der Waals surface area contributed by atoms with Crippen molar-refractivity contribution in [1.82, 2.24) is 14.2 Å². The lowest BCUT2D eigenvalue weighted by molar-refractivity contribution is 0.222. The predicted molar refractivity (Wildman–Crippen MR) is 111 cm³/mol. The van der Waals surface area contributed by atoms with Crippen LogP contribution in [0.4, 0.5) is 0 Å². The largest absolute Gasteiger partial charge is 0.321 e. The number of rotatable bonds is 3. The highest BCUT2D eigenvalue weighted by molar-refractivity contribution is 7.89. The maximum Gasteiger partial charge on any atom is 0.256 e. The molecular weight excluding hydrogens is 374 g/mol. The quantitative estimate of drug-likeness (QED) is 0.737. The number of aromatic amines is 1. The molecule has 146 valence electrons. The summed E-state index contributed by atoms with van der Waals surface area (Å²) < 4.78 is 27.3. The molecule has 0 amide bonds. The summed E-state index contributed by atoms with van der Waals surface area (Å²) in [5, 5.41) is 1.55. The van der Waals surface area contributed by atoms with Crippen LogP contribution in [0.5, 0.6) is 0 Å². The molecular formula is C21H23N3O3S. The highest BCUT2D eigenvalue weighted by Gasteiger charge is 2.27. The van der Waals surface area contributed by atoms with Gasteiger partial charge in [0, 0.05) is 37.3 Å². The second kappa shape index (κ2) is 7.16. The Morgan fingerprint density at radius 2 is 1.61 bits per heavy atom. The number of sulfonamides is 1. The molecule has 1 aliphatic heterocycles. The first kappa shape index (κ1) is 18.9. The van der Waals surface area contributed by atoms with Gasteiger partial charge in [-0.2, -0.15) is 4.31 Å². The van der Waals surface area contributed by atoms with Gasteiger partial charge in [-0.1, -0.05) is 24.3 Å². The van der Waals surface area contributed by atoms with Crippen LogP contribution in [0, 0.1) is 6.92 Å². The molecule has 28 heavy (non-hydrogen) atoms. The van der Waals surface area contributed by atoms with Gasteiger partial charge in [0.2, 0.25) is 10.0 Å². The van der Waals surface area contributed by atoms with Gasteiger partial charge >= 0.3 is 0 Å². The molecule has 6 nitrogen and oxygen atoms in total. The number of likely N-dealkylation sites (N-methyl/N-ethyl adjacent to an activating group) is 1. The van der Waals surface area contributed by atoms with E-state index in [1.165, 1.54) is 4.31 Å². The normalized spacial score (nSPS) is 16.5. The molecule has 0 radical (unpaired) electrons. The van der Waals surface area contributed by atoms with Crippen LogP contribution in [0.2, 0.25) is 0 Å². The first-order chi connectivity index (χ1) is 13.4. The number of piperazine rings is 1. The zero-order valence-electron chi connectivity index (χ0n) is 16.0. The number of pyridine rings is 1. The first-order valence-corrected chi connectivity index (χ1v) is 10.7. The molecule has 0 saturated carbocycles. The van der Waals surface area contributed by atoms with Gasteiger partial charge in [-0.25, -0.2) is 8.42 Å². The van der Waals surface area contributed by atoms with Gasteiger partial charge in [0.15, 0.2) is 0 Å². The van der Waals surface area contributed by atoms with E-state index in [9.17, 15) is 13.2 Å². The van der Waals surface area contributed by atoms with E-state index < -0.39 is 10.0 Å².